The summed E-state index contributed by atoms with van der Waals surface area (Å²) in [6.45, 7) is 4.11. The van der Waals surface area contributed by atoms with Gasteiger partial charge in [0.05, 0.1) is 6.42 Å². The summed E-state index contributed by atoms with van der Waals surface area (Å²) < 4.78 is 0. The van der Waals surface area contributed by atoms with Gasteiger partial charge in [0, 0.05) is 13.0 Å². The van der Waals surface area contributed by atoms with Crippen molar-refractivity contribution in [2.24, 2.45) is 5.41 Å². The van der Waals surface area contributed by atoms with E-state index in [9.17, 15) is 14.4 Å². The van der Waals surface area contributed by atoms with E-state index in [1.165, 1.54) is 0 Å². The Kier molecular flexibility index (Phi) is 5.32. The molecule has 1 fully saturated rings. The van der Waals surface area contributed by atoms with Crippen LogP contribution >= 0.6 is 0 Å². The van der Waals surface area contributed by atoms with Crippen molar-refractivity contribution in [3.8, 4) is 0 Å². The van der Waals surface area contributed by atoms with Gasteiger partial charge in [0.2, 0.25) is 11.8 Å². The molecule has 0 bridgehead atoms. The molecule has 0 aliphatic carbocycles. The number of carbonyl (C=O) groups is 3. The Morgan fingerprint density at radius 1 is 1.37 bits per heavy atom. The summed E-state index contributed by atoms with van der Waals surface area (Å²) in [4.78, 5) is 34.2. The first-order valence-electron chi connectivity index (χ1n) is 6.59. The first kappa shape index (κ1) is 15.5. The Morgan fingerprint density at radius 2 is 2.05 bits per heavy atom. The molecule has 0 aromatic heterocycles. The smallest absolute Gasteiger partial charge is 0.303 e. The molecule has 1 unspecified atom stereocenters. The molecule has 3 N–H and O–H groups in total. The summed E-state index contributed by atoms with van der Waals surface area (Å²) in [6, 6.07) is -0.490. The Balaban J connectivity index is 2.49. The van der Waals surface area contributed by atoms with Crippen LogP contribution in [0.3, 0.4) is 0 Å². The van der Waals surface area contributed by atoms with Crippen LogP contribution in [0.25, 0.3) is 0 Å². The van der Waals surface area contributed by atoms with Gasteiger partial charge in [-0.2, -0.15) is 0 Å². The molecule has 0 aromatic rings. The normalized spacial score (nSPS) is 20.3. The highest BCUT2D eigenvalue weighted by Crippen LogP contribution is 2.24. The standard InChI is InChI=1S/C13H22N2O4/c1-13(2,8-11(17)18)7-10(16)15-9-5-3-4-6-14-12(9)19/h9H,3-8H2,1-2H3,(H,14,19)(H,15,16)(H,17,18). The quantitative estimate of drug-likeness (QED) is 0.684. The zero-order chi connectivity index (χ0) is 14.5. The van der Waals surface area contributed by atoms with E-state index in [2.05, 4.69) is 10.6 Å². The lowest BCUT2D eigenvalue weighted by Crippen LogP contribution is -2.46. The van der Waals surface area contributed by atoms with Crippen molar-refractivity contribution in [2.45, 2.75) is 52.0 Å². The second kappa shape index (κ2) is 6.54. The molecular weight excluding hydrogens is 248 g/mol. The van der Waals surface area contributed by atoms with Crippen LogP contribution in [0.4, 0.5) is 0 Å². The van der Waals surface area contributed by atoms with Gasteiger partial charge in [0.25, 0.3) is 0 Å². The van der Waals surface area contributed by atoms with E-state index in [1.54, 1.807) is 13.8 Å². The lowest BCUT2D eigenvalue weighted by atomic mass is 9.85. The molecule has 0 aromatic carbocycles. The molecule has 2 amide bonds. The third kappa shape index (κ3) is 5.72. The minimum absolute atomic E-state index is 0.0721. The van der Waals surface area contributed by atoms with Crippen LogP contribution in [0.2, 0.25) is 0 Å². The maximum atomic E-state index is 11.9. The number of aliphatic carboxylic acids is 1. The molecule has 1 heterocycles. The van der Waals surface area contributed by atoms with Crippen LogP contribution in [-0.4, -0.2) is 35.5 Å². The van der Waals surface area contributed by atoms with Gasteiger partial charge in [0.15, 0.2) is 0 Å². The Bertz CT molecular complexity index is 366. The fourth-order valence-electron chi connectivity index (χ4n) is 2.23. The van der Waals surface area contributed by atoms with Gasteiger partial charge < -0.3 is 15.7 Å². The van der Waals surface area contributed by atoms with Gasteiger partial charge in [-0.1, -0.05) is 13.8 Å². The van der Waals surface area contributed by atoms with Crippen molar-refractivity contribution in [1.82, 2.24) is 10.6 Å². The van der Waals surface area contributed by atoms with E-state index >= 15 is 0 Å². The second-order valence-corrected chi connectivity index (χ2v) is 5.82. The highest BCUT2D eigenvalue weighted by Gasteiger charge is 2.28. The monoisotopic (exact) mass is 270 g/mol. The number of carbonyl (C=O) groups excluding carboxylic acids is 2. The predicted octanol–water partition coefficient (Wildman–Crippen LogP) is 0.662. The van der Waals surface area contributed by atoms with E-state index in [-0.39, 0.29) is 24.7 Å². The Labute approximate surface area is 112 Å². The number of carboxylic acids is 1. The van der Waals surface area contributed by atoms with Crippen molar-refractivity contribution in [3.05, 3.63) is 0 Å². The molecule has 0 radical (unpaired) electrons. The molecular formula is C13H22N2O4. The molecule has 6 heteroatoms. The van der Waals surface area contributed by atoms with Crippen molar-refractivity contribution < 1.29 is 19.5 Å². The van der Waals surface area contributed by atoms with Crippen molar-refractivity contribution in [3.63, 3.8) is 0 Å². The first-order chi connectivity index (χ1) is 8.80. The maximum absolute atomic E-state index is 11.9. The Hall–Kier alpha value is -1.59. The summed E-state index contributed by atoms with van der Waals surface area (Å²) in [5.41, 5.74) is -0.614. The van der Waals surface area contributed by atoms with Gasteiger partial charge in [-0.05, 0) is 24.7 Å². The summed E-state index contributed by atoms with van der Waals surface area (Å²) in [6.07, 6.45) is 2.47. The van der Waals surface area contributed by atoms with E-state index in [0.717, 1.165) is 12.8 Å². The second-order valence-electron chi connectivity index (χ2n) is 5.82. The number of hydrogen-bond acceptors (Lipinski definition) is 3. The third-order valence-electron chi connectivity index (χ3n) is 3.14. The first-order valence-corrected chi connectivity index (χ1v) is 6.59. The lowest BCUT2D eigenvalue weighted by molar-refractivity contribution is -0.140. The van der Waals surface area contributed by atoms with Gasteiger partial charge in [-0.3, -0.25) is 14.4 Å². The fraction of sp³-hybridized carbons (Fsp3) is 0.769. The average Bonchev–Trinajstić information content (AvgIpc) is 2.41. The van der Waals surface area contributed by atoms with E-state index < -0.39 is 17.4 Å². The predicted molar refractivity (Wildman–Crippen MR) is 69.4 cm³/mol. The molecule has 1 aliphatic rings. The number of hydrogen-bond donors (Lipinski definition) is 3. The fourth-order valence-corrected chi connectivity index (χ4v) is 2.23. The minimum atomic E-state index is -0.926. The van der Waals surface area contributed by atoms with Crippen LogP contribution < -0.4 is 10.6 Å². The SMILES string of the molecule is CC(C)(CC(=O)O)CC(=O)NC1CCCCNC1=O. The zero-order valence-corrected chi connectivity index (χ0v) is 11.5. The molecule has 0 spiro atoms. The van der Waals surface area contributed by atoms with E-state index in [4.69, 9.17) is 5.11 Å². The molecule has 1 saturated heterocycles. The summed E-state index contributed by atoms with van der Waals surface area (Å²) >= 11 is 0. The third-order valence-corrected chi connectivity index (χ3v) is 3.14. The van der Waals surface area contributed by atoms with E-state index in [0.29, 0.717) is 13.0 Å². The van der Waals surface area contributed by atoms with Gasteiger partial charge in [-0.25, -0.2) is 0 Å². The Morgan fingerprint density at radius 3 is 2.68 bits per heavy atom. The molecule has 108 valence electrons. The van der Waals surface area contributed by atoms with Crippen LogP contribution in [0, 0.1) is 5.41 Å². The zero-order valence-electron chi connectivity index (χ0n) is 11.5. The molecule has 19 heavy (non-hydrogen) atoms. The number of amides is 2. The van der Waals surface area contributed by atoms with Gasteiger partial charge >= 0.3 is 5.97 Å². The van der Waals surface area contributed by atoms with Crippen LogP contribution in [0.1, 0.15) is 46.0 Å². The highest BCUT2D eigenvalue weighted by atomic mass is 16.4. The lowest BCUT2D eigenvalue weighted by Gasteiger charge is -2.23. The largest absolute Gasteiger partial charge is 0.481 e. The van der Waals surface area contributed by atoms with Crippen LogP contribution in [0.15, 0.2) is 0 Å². The van der Waals surface area contributed by atoms with Gasteiger partial charge in [-0.15, -0.1) is 0 Å². The summed E-state index contributed by atoms with van der Waals surface area (Å²) in [5, 5.41) is 14.2. The topological polar surface area (TPSA) is 95.5 Å². The number of nitrogens with one attached hydrogen (secondary N) is 2. The van der Waals surface area contributed by atoms with Crippen molar-refractivity contribution in [1.29, 1.82) is 0 Å². The highest BCUT2D eigenvalue weighted by molar-refractivity contribution is 5.88. The molecule has 6 nitrogen and oxygen atoms in total. The number of rotatable bonds is 5. The maximum Gasteiger partial charge on any atom is 0.303 e. The molecule has 1 aliphatic heterocycles. The molecule has 1 atom stereocenters. The van der Waals surface area contributed by atoms with Crippen LogP contribution in [-0.2, 0) is 14.4 Å². The molecule has 1 rings (SSSR count). The minimum Gasteiger partial charge on any atom is -0.481 e. The molecule has 0 saturated carbocycles. The van der Waals surface area contributed by atoms with E-state index in [1.807, 2.05) is 0 Å². The number of carboxylic acid groups (broad SMARTS) is 1. The van der Waals surface area contributed by atoms with Crippen molar-refractivity contribution in [2.75, 3.05) is 6.54 Å². The summed E-state index contributed by atoms with van der Waals surface area (Å²) in [7, 11) is 0. The van der Waals surface area contributed by atoms with Gasteiger partial charge in [0.1, 0.15) is 6.04 Å². The van der Waals surface area contributed by atoms with Crippen LogP contribution in [0.5, 0.6) is 0 Å². The summed E-state index contributed by atoms with van der Waals surface area (Å²) in [5.74, 6) is -1.35. The van der Waals surface area contributed by atoms with Crippen molar-refractivity contribution >= 4 is 17.8 Å². The average molecular weight is 270 g/mol.